The highest BCUT2D eigenvalue weighted by Crippen LogP contribution is 2.41. The SMILES string of the molecule is CCn1c(-c2cccnc2C(C)C)c2c3cc(ccc31)-c1csc(n1)C[C@H](NC(=O)N1CCN(C)CC1)C(=O)N1CCC[C@H](N1)C(=O)OCC(C)(C)C2. The van der Waals surface area contributed by atoms with Gasteiger partial charge in [-0.2, -0.15) is 0 Å². The van der Waals surface area contributed by atoms with E-state index in [1.54, 1.807) is 4.90 Å². The van der Waals surface area contributed by atoms with Gasteiger partial charge >= 0.3 is 12.0 Å². The number of piperazine rings is 1. The maximum Gasteiger partial charge on any atom is 0.324 e. The fourth-order valence-electron chi connectivity index (χ4n) is 7.84. The number of carbonyl (C=O) groups is 3. The van der Waals surface area contributed by atoms with E-state index in [4.69, 9.17) is 14.7 Å². The molecule has 2 fully saturated rings. The number of urea groups is 1. The molecule has 3 amide bonds. The number of fused-ring (bicyclic) bond motifs is 6. The summed E-state index contributed by atoms with van der Waals surface area (Å²) in [5, 5.41) is 8.45. The van der Waals surface area contributed by atoms with Crippen LogP contribution in [0.1, 0.15) is 69.6 Å². The Morgan fingerprint density at radius 1 is 1.13 bits per heavy atom. The van der Waals surface area contributed by atoms with Crippen LogP contribution >= 0.6 is 11.3 Å². The van der Waals surface area contributed by atoms with Gasteiger partial charge in [0.25, 0.3) is 5.91 Å². The molecule has 7 rings (SSSR count). The van der Waals surface area contributed by atoms with Gasteiger partial charge in [-0.3, -0.25) is 19.6 Å². The average Bonchev–Trinajstić information content (AvgIpc) is 3.74. The highest BCUT2D eigenvalue weighted by atomic mass is 32.1. The molecule has 2 saturated heterocycles. The zero-order chi connectivity index (χ0) is 37.4. The minimum absolute atomic E-state index is 0.207. The van der Waals surface area contributed by atoms with Crippen molar-refractivity contribution in [3.63, 3.8) is 0 Å². The van der Waals surface area contributed by atoms with Crippen molar-refractivity contribution in [1.82, 2.24) is 40.1 Å². The van der Waals surface area contributed by atoms with Crippen molar-refractivity contribution in [3.8, 4) is 22.5 Å². The van der Waals surface area contributed by atoms with Crippen LogP contribution in [-0.4, -0.2) is 106 Å². The Kier molecular flexibility index (Phi) is 10.6. The first-order chi connectivity index (χ1) is 25.4. The van der Waals surface area contributed by atoms with E-state index in [9.17, 15) is 14.4 Å². The van der Waals surface area contributed by atoms with Gasteiger partial charge in [-0.05, 0) is 69.0 Å². The molecule has 6 heterocycles. The Morgan fingerprint density at radius 2 is 1.92 bits per heavy atom. The third-order valence-electron chi connectivity index (χ3n) is 10.7. The van der Waals surface area contributed by atoms with E-state index < -0.39 is 17.5 Å². The fraction of sp³-hybridized carbons (Fsp3) is 0.525. The monoisotopic (exact) mass is 740 g/mol. The first-order valence-corrected chi connectivity index (χ1v) is 19.8. The van der Waals surface area contributed by atoms with Crippen molar-refractivity contribution in [3.05, 3.63) is 58.2 Å². The lowest BCUT2D eigenvalue weighted by atomic mass is 9.84. The first kappa shape index (κ1) is 37.0. The zero-order valence-electron chi connectivity index (χ0n) is 31.8. The number of thiazole rings is 1. The minimum Gasteiger partial charge on any atom is -0.464 e. The highest BCUT2D eigenvalue weighted by molar-refractivity contribution is 7.10. The van der Waals surface area contributed by atoms with Gasteiger partial charge in [0.2, 0.25) is 0 Å². The number of nitrogens with one attached hydrogen (secondary N) is 2. The number of nitrogens with zero attached hydrogens (tertiary/aromatic N) is 6. The summed E-state index contributed by atoms with van der Waals surface area (Å²) in [7, 11) is 2.04. The Hall–Kier alpha value is -4.33. The van der Waals surface area contributed by atoms with E-state index in [0.717, 1.165) is 63.8 Å². The predicted octanol–water partition coefficient (Wildman–Crippen LogP) is 5.46. The number of hydrazine groups is 1. The molecule has 0 spiro atoms. The molecule has 3 aliphatic heterocycles. The maximum absolute atomic E-state index is 14.2. The number of carbonyl (C=O) groups excluding carboxylic acids is 3. The van der Waals surface area contributed by atoms with Gasteiger partial charge < -0.3 is 24.4 Å². The number of amides is 3. The number of aryl methyl sites for hydroxylation is 1. The van der Waals surface area contributed by atoms with Crippen LogP contribution in [0.15, 0.2) is 41.9 Å². The largest absolute Gasteiger partial charge is 0.464 e. The first-order valence-electron chi connectivity index (χ1n) is 19.0. The van der Waals surface area contributed by atoms with Crippen LogP contribution < -0.4 is 10.7 Å². The molecule has 0 unspecified atom stereocenters. The minimum atomic E-state index is -0.869. The van der Waals surface area contributed by atoms with Crippen molar-refractivity contribution in [2.75, 3.05) is 46.4 Å². The van der Waals surface area contributed by atoms with Crippen LogP contribution in [0.25, 0.3) is 33.4 Å². The summed E-state index contributed by atoms with van der Waals surface area (Å²) in [4.78, 5) is 55.2. The van der Waals surface area contributed by atoms with Crippen LogP contribution in [0.3, 0.4) is 0 Å². The molecule has 0 saturated carbocycles. The number of hydrogen-bond donors (Lipinski definition) is 2. The van der Waals surface area contributed by atoms with E-state index >= 15 is 0 Å². The molecule has 6 bridgehead atoms. The lowest BCUT2D eigenvalue weighted by Crippen LogP contribution is -2.62. The van der Waals surface area contributed by atoms with Crippen LogP contribution in [0.5, 0.6) is 0 Å². The summed E-state index contributed by atoms with van der Waals surface area (Å²) in [5.74, 6) is -0.450. The van der Waals surface area contributed by atoms with Crippen LogP contribution in [-0.2, 0) is 33.7 Å². The Labute approximate surface area is 315 Å². The maximum atomic E-state index is 14.2. The van der Waals surface area contributed by atoms with Gasteiger partial charge in [0.1, 0.15) is 12.1 Å². The molecule has 3 aromatic heterocycles. The van der Waals surface area contributed by atoms with Gasteiger partial charge in [0, 0.05) is 84.7 Å². The molecular formula is C40H52N8O4S. The second-order valence-corrected chi connectivity index (χ2v) is 16.7. The molecule has 4 aromatic rings. The summed E-state index contributed by atoms with van der Waals surface area (Å²) < 4.78 is 8.45. The molecule has 0 radical (unpaired) electrons. The van der Waals surface area contributed by atoms with Gasteiger partial charge in [-0.1, -0.05) is 33.8 Å². The topological polar surface area (TPSA) is 125 Å². The van der Waals surface area contributed by atoms with Gasteiger partial charge in [-0.15, -0.1) is 11.3 Å². The van der Waals surface area contributed by atoms with E-state index in [1.165, 1.54) is 21.9 Å². The summed E-state index contributed by atoms with van der Waals surface area (Å²) in [6.07, 6.45) is 3.94. The highest BCUT2D eigenvalue weighted by Gasteiger charge is 2.36. The van der Waals surface area contributed by atoms with E-state index in [2.05, 4.69) is 79.1 Å². The van der Waals surface area contributed by atoms with Crippen LogP contribution in [0.4, 0.5) is 4.79 Å². The summed E-state index contributed by atoms with van der Waals surface area (Å²) >= 11 is 1.49. The molecule has 282 valence electrons. The molecule has 3 aliphatic rings. The van der Waals surface area contributed by atoms with E-state index in [-0.39, 0.29) is 36.9 Å². The Bertz CT molecular complexity index is 2000. The van der Waals surface area contributed by atoms with Crippen molar-refractivity contribution in [2.24, 2.45) is 5.41 Å². The molecule has 13 heteroatoms. The molecule has 53 heavy (non-hydrogen) atoms. The third kappa shape index (κ3) is 7.70. The van der Waals surface area contributed by atoms with Crippen molar-refractivity contribution in [1.29, 1.82) is 0 Å². The van der Waals surface area contributed by atoms with Crippen molar-refractivity contribution < 1.29 is 19.1 Å². The van der Waals surface area contributed by atoms with Gasteiger partial charge in [0.05, 0.1) is 28.7 Å². The van der Waals surface area contributed by atoms with Crippen LogP contribution in [0.2, 0.25) is 0 Å². The number of ether oxygens (including phenoxy) is 1. The Balaban J connectivity index is 1.32. The van der Waals surface area contributed by atoms with Crippen molar-refractivity contribution >= 4 is 40.1 Å². The van der Waals surface area contributed by atoms with Gasteiger partial charge in [0.15, 0.2) is 0 Å². The summed E-state index contributed by atoms with van der Waals surface area (Å²) in [5.41, 5.74) is 10.2. The number of benzene rings is 1. The lowest BCUT2D eigenvalue weighted by Gasteiger charge is -2.37. The molecule has 2 N–H and O–H groups in total. The number of rotatable bonds is 4. The molecule has 1 aromatic carbocycles. The quantitative estimate of drug-likeness (QED) is 0.265. The molecular weight excluding hydrogens is 689 g/mol. The van der Waals surface area contributed by atoms with E-state index in [1.807, 2.05) is 24.7 Å². The lowest BCUT2D eigenvalue weighted by molar-refractivity contribution is -0.155. The second kappa shape index (κ2) is 15.2. The number of aromatic nitrogens is 3. The average molecular weight is 741 g/mol. The number of likely N-dealkylation sites (N-methyl/N-ethyl adjacent to an activating group) is 1. The standard InChI is InChI=1S/C40H52N8O4S/c1-7-47-33-13-12-26-20-28(33)29(36(47)27-10-8-14-41-35(27)25(2)3)22-40(4,5)24-52-38(50)30-11-9-15-48(44-30)37(49)31(21-34-42-32(26)23-53-34)43-39(51)46-18-16-45(6)17-19-46/h8,10,12-14,20,23,25,30-31,44H,7,9,11,15-19,21-22,24H2,1-6H3,(H,43,51)/t30-,31-/m0/s1. The smallest absolute Gasteiger partial charge is 0.324 e. The van der Waals surface area contributed by atoms with Crippen molar-refractivity contribution in [2.45, 2.75) is 84.8 Å². The van der Waals surface area contributed by atoms with Crippen LogP contribution in [0, 0.1) is 5.41 Å². The normalized spacial score (nSPS) is 21.5. The number of esters is 1. The predicted molar refractivity (Wildman–Crippen MR) is 207 cm³/mol. The number of pyridine rings is 1. The number of cyclic esters (lactones) is 1. The third-order valence-corrected chi connectivity index (χ3v) is 11.6. The molecule has 12 nitrogen and oxygen atoms in total. The summed E-state index contributed by atoms with van der Waals surface area (Å²) in [6, 6.07) is 8.90. The zero-order valence-corrected chi connectivity index (χ0v) is 32.6. The number of hydrogen-bond acceptors (Lipinski definition) is 9. The second-order valence-electron chi connectivity index (χ2n) is 15.8. The summed E-state index contributed by atoms with van der Waals surface area (Å²) in [6.45, 7) is 14.9. The molecule has 2 atom stereocenters. The molecule has 0 aliphatic carbocycles. The fourth-order valence-corrected chi connectivity index (χ4v) is 8.69. The van der Waals surface area contributed by atoms with Gasteiger partial charge in [-0.25, -0.2) is 15.2 Å². The Morgan fingerprint density at radius 3 is 2.68 bits per heavy atom. The van der Waals surface area contributed by atoms with E-state index in [0.29, 0.717) is 38.9 Å².